The van der Waals surface area contributed by atoms with Crippen LogP contribution in [0.4, 0.5) is 5.82 Å². The smallest absolute Gasteiger partial charge is 0.130 e. The Kier molecular flexibility index (Phi) is 2.77. The van der Waals surface area contributed by atoms with Crippen LogP contribution >= 0.6 is 11.3 Å². The van der Waals surface area contributed by atoms with E-state index >= 15 is 0 Å². The molecule has 0 saturated heterocycles. The number of thiophene rings is 1. The van der Waals surface area contributed by atoms with Crippen molar-refractivity contribution in [3.05, 3.63) is 45.3 Å². The van der Waals surface area contributed by atoms with Crippen LogP contribution in [0.2, 0.25) is 0 Å². The predicted octanol–water partition coefficient (Wildman–Crippen LogP) is 2.89. The van der Waals surface area contributed by atoms with Crippen molar-refractivity contribution in [1.82, 2.24) is 4.98 Å². The molecule has 2 aromatic heterocycles. The van der Waals surface area contributed by atoms with E-state index in [0.717, 1.165) is 31.0 Å². The zero-order valence-electron chi connectivity index (χ0n) is 10.2. The van der Waals surface area contributed by atoms with Gasteiger partial charge in [-0.05, 0) is 42.5 Å². The van der Waals surface area contributed by atoms with Gasteiger partial charge < -0.3 is 4.90 Å². The van der Waals surface area contributed by atoms with E-state index in [1.807, 2.05) is 30.4 Å². The maximum absolute atomic E-state index is 9.01. The summed E-state index contributed by atoms with van der Waals surface area (Å²) >= 11 is 1.83. The van der Waals surface area contributed by atoms with Gasteiger partial charge >= 0.3 is 0 Å². The number of rotatable bonds is 1. The average Bonchev–Trinajstić information content (AvgIpc) is 2.85. The molecule has 0 fully saturated rings. The number of nitriles is 1. The number of nitrogens with zero attached hydrogens (tertiary/aromatic N) is 3. The first-order valence-corrected chi connectivity index (χ1v) is 6.83. The Morgan fingerprint density at radius 2 is 2.33 bits per heavy atom. The molecule has 4 heteroatoms. The maximum Gasteiger partial charge on any atom is 0.130 e. The van der Waals surface area contributed by atoms with E-state index in [0.29, 0.717) is 5.56 Å². The monoisotopic (exact) mass is 255 g/mol. The Morgan fingerprint density at radius 1 is 1.44 bits per heavy atom. The van der Waals surface area contributed by atoms with E-state index in [-0.39, 0.29) is 0 Å². The Balaban J connectivity index is 1.93. The van der Waals surface area contributed by atoms with Crippen molar-refractivity contribution in [3.63, 3.8) is 0 Å². The van der Waals surface area contributed by atoms with Gasteiger partial charge in [-0.1, -0.05) is 0 Å². The van der Waals surface area contributed by atoms with Crippen molar-refractivity contribution in [2.24, 2.45) is 0 Å². The third kappa shape index (κ3) is 1.98. The molecule has 3 nitrogen and oxygen atoms in total. The lowest BCUT2D eigenvalue weighted by molar-refractivity contribution is 0.730. The standard InChI is InChI=1S/C14H13N3S/c1-10-6-11(8-15)7-14(16-10)17-4-2-13-12(9-17)3-5-18-13/h3,5-7H,2,4,9H2,1H3. The summed E-state index contributed by atoms with van der Waals surface area (Å²) in [6.07, 6.45) is 1.07. The van der Waals surface area contributed by atoms with Gasteiger partial charge in [0, 0.05) is 23.7 Å². The summed E-state index contributed by atoms with van der Waals surface area (Å²) in [7, 11) is 0. The molecule has 1 aliphatic rings. The lowest BCUT2D eigenvalue weighted by Gasteiger charge is -2.28. The first-order chi connectivity index (χ1) is 8.76. The molecular formula is C14H13N3S. The molecule has 0 bridgehead atoms. The van der Waals surface area contributed by atoms with Crippen LogP contribution in [0.3, 0.4) is 0 Å². The van der Waals surface area contributed by atoms with Crippen LogP contribution in [0.1, 0.15) is 21.7 Å². The van der Waals surface area contributed by atoms with Crippen molar-refractivity contribution in [2.45, 2.75) is 19.9 Å². The third-order valence-electron chi connectivity index (χ3n) is 3.20. The summed E-state index contributed by atoms with van der Waals surface area (Å²) < 4.78 is 0. The Labute approximate surface area is 110 Å². The van der Waals surface area contributed by atoms with Crippen LogP contribution in [0.5, 0.6) is 0 Å². The zero-order chi connectivity index (χ0) is 12.5. The molecule has 0 spiro atoms. The minimum Gasteiger partial charge on any atom is -0.352 e. The first-order valence-electron chi connectivity index (χ1n) is 5.95. The van der Waals surface area contributed by atoms with E-state index in [4.69, 9.17) is 5.26 Å². The van der Waals surface area contributed by atoms with Crippen LogP contribution in [0.15, 0.2) is 23.6 Å². The number of hydrogen-bond acceptors (Lipinski definition) is 4. The second kappa shape index (κ2) is 4.43. The van der Waals surface area contributed by atoms with E-state index in [9.17, 15) is 0 Å². The van der Waals surface area contributed by atoms with E-state index in [1.54, 1.807) is 0 Å². The molecule has 0 N–H and O–H groups in total. The molecule has 0 radical (unpaired) electrons. The van der Waals surface area contributed by atoms with Crippen molar-refractivity contribution < 1.29 is 0 Å². The molecule has 0 atom stereocenters. The van der Waals surface area contributed by atoms with Gasteiger partial charge in [-0.15, -0.1) is 11.3 Å². The second-order valence-electron chi connectivity index (χ2n) is 4.51. The van der Waals surface area contributed by atoms with Crippen LogP contribution in [-0.4, -0.2) is 11.5 Å². The van der Waals surface area contributed by atoms with Crippen LogP contribution in [0.25, 0.3) is 0 Å². The predicted molar refractivity (Wildman–Crippen MR) is 72.8 cm³/mol. The lowest BCUT2D eigenvalue weighted by atomic mass is 10.1. The minimum atomic E-state index is 0.689. The molecule has 0 saturated carbocycles. The molecule has 90 valence electrons. The minimum absolute atomic E-state index is 0.689. The largest absolute Gasteiger partial charge is 0.352 e. The summed E-state index contributed by atoms with van der Waals surface area (Å²) in [5.74, 6) is 0.920. The molecule has 18 heavy (non-hydrogen) atoms. The summed E-state index contributed by atoms with van der Waals surface area (Å²) in [5, 5.41) is 11.2. The van der Waals surface area contributed by atoms with Crippen molar-refractivity contribution in [2.75, 3.05) is 11.4 Å². The second-order valence-corrected chi connectivity index (χ2v) is 5.51. The molecule has 3 heterocycles. The molecule has 3 rings (SSSR count). The number of anilines is 1. The number of fused-ring (bicyclic) bond motifs is 1. The van der Waals surface area contributed by atoms with Gasteiger partial charge in [0.1, 0.15) is 5.82 Å². The normalized spacial score (nSPS) is 14.1. The highest BCUT2D eigenvalue weighted by Gasteiger charge is 2.18. The molecule has 2 aromatic rings. The SMILES string of the molecule is Cc1cc(C#N)cc(N2CCc3sccc3C2)n1. The third-order valence-corrected chi connectivity index (χ3v) is 4.22. The highest BCUT2D eigenvalue weighted by atomic mass is 32.1. The van der Waals surface area contributed by atoms with Crippen LogP contribution in [0, 0.1) is 18.3 Å². The lowest BCUT2D eigenvalue weighted by Crippen LogP contribution is -2.30. The van der Waals surface area contributed by atoms with Gasteiger partial charge in [-0.3, -0.25) is 0 Å². The van der Waals surface area contributed by atoms with E-state index in [1.165, 1.54) is 10.4 Å². The van der Waals surface area contributed by atoms with Gasteiger partial charge in [0.05, 0.1) is 11.6 Å². The topological polar surface area (TPSA) is 39.9 Å². The Morgan fingerprint density at radius 3 is 3.17 bits per heavy atom. The first kappa shape index (κ1) is 11.2. The molecular weight excluding hydrogens is 242 g/mol. The Bertz CT molecular complexity index is 624. The average molecular weight is 255 g/mol. The molecule has 0 unspecified atom stereocenters. The van der Waals surface area contributed by atoms with Gasteiger partial charge in [0.25, 0.3) is 0 Å². The summed E-state index contributed by atoms with van der Waals surface area (Å²) in [4.78, 5) is 8.28. The van der Waals surface area contributed by atoms with Crippen LogP contribution in [-0.2, 0) is 13.0 Å². The highest BCUT2D eigenvalue weighted by Crippen LogP contribution is 2.27. The van der Waals surface area contributed by atoms with Crippen molar-refractivity contribution >= 4 is 17.2 Å². The van der Waals surface area contributed by atoms with Gasteiger partial charge in [0.15, 0.2) is 0 Å². The molecule has 0 amide bonds. The molecule has 0 aromatic carbocycles. The zero-order valence-corrected chi connectivity index (χ0v) is 11.0. The van der Waals surface area contributed by atoms with Gasteiger partial charge in [-0.2, -0.15) is 5.26 Å². The van der Waals surface area contributed by atoms with Crippen molar-refractivity contribution in [1.29, 1.82) is 5.26 Å². The number of aromatic nitrogens is 1. The van der Waals surface area contributed by atoms with Gasteiger partial charge in [0.2, 0.25) is 0 Å². The van der Waals surface area contributed by atoms with E-state index < -0.39 is 0 Å². The fourth-order valence-corrected chi connectivity index (χ4v) is 3.21. The summed E-state index contributed by atoms with van der Waals surface area (Å²) in [6.45, 7) is 3.82. The summed E-state index contributed by atoms with van der Waals surface area (Å²) in [5.41, 5.74) is 2.99. The fourth-order valence-electron chi connectivity index (χ4n) is 2.32. The van der Waals surface area contributed by atoms with Crippen LogP contribution < -0.4 is 4.90 Å². The van der Waals surface area contributed by atoms with Gasteiger partial charge in [-0.25, -0.2) is 4.98 Å². The van der Waals surface area contributed by atoms with Crippen molar-refractivity contribution in [3.8, 4) is 6.07 Å². The molecule has 0 aliphatic carbocycles. The highest BCUT2D eigenvalue weighted by molar-refractivity contribution is 7.10. The number of pyridine rings is 1. The number of aryl methyl sites for hydroxylation is 1. The summed E-state index contributed by atoms with van der Waals surface area (Å²) in [6, 6.07) is 8.09. The fraction of sp³-hybridized carbons (Fsp3) is 0.286. The Hall–Kier alpha value is -1.86. The molecule has 1 aliphatic heterocycles. The maximum atomic E-state index is 9.01. The quantitative estimate of drug-likeness (QED) is 0.786. The van der Waals surface area contributed by atoms with E-state index in [2.05, 4.69) is 27.4 Å². The number of hydrogen-bond donors (Lipinski definition) is 0.